The van der Waals surface area contributed by atoms with Gasteiger partial charge < -0.3 is 9.47 Å². The van der Waals surface area contributed by atoms with E-state index in [1.165, 1.54) is 24.3 Å². The molecule has 0 spiro atoms. The summed E-state index contributed by atoms with van der Waals surface area (Å²) in [5, 5.41) is 5.25. The molecule has 9 heteroatoms. The molecule has 1 heterocycles. The van der Waals surface area contributed by atoms with Crippen LogP contribution in [0, 0.1) is 10.6 Å². The first-order valence-electron chi connectivity index (χ1n) is 7.94. The van der Waals surface area contributed by atoms with Crippen LogP contribution >= 0.6 is 12.2 Å². The van der Waals surface area contributed by atoms with Gasteiger partial charge in [0.1, 0.15) is 12.4 Å². The highest BCUT2D eigenvalue weighted by atomic mass is 32.2. The number of sulfonamides is 1. The summed E-state index contributed by atoms with van der Waals surface area (Å²) >= 11 is 5.51. The summed E-state index contributed by atoms with van der Waals surface area (Å²) in [5.74, 6) is -0.269. The summed E-state index contributed by atoms with van der Waals surface area (Å²) in [5.41, 5.74) is 2.39. The van der Waals surface area contributed by atoms with Gasteiger partial charge in [-0.25, -0.2) is 17.9 Å². The third-order valence-electron chi connectivity index (χ3n) is 4.27. The number of aromatic nitrogens is 2. The number of nitrogens with one attached hydrogen (secondary N) is 1. The Morgan fingerprint density at radius 1 is 1.19 bits per heavy atom. The van der Waals surface area contributed by atoms with E-state index >= 15 is 0 Å². The van der Waals surface area contributed by atoms with Gasteiger partial charge in [0.25, 0.3) is 0 Å². The molecule has 0 saturated heterocycles. The first kappa shape index (κ1) is 18.7. The average molecular weight is 396 g/mol. The summed E-state index contributed by atoms with van der Waals surface area (Å²) in [6, 6.07) is 11.2. The standard InChI is InChI=1S/C17H19FN4O2S2/c1-20(10-12-4-3-5-13(18)8-12)11-22-16-9-14(26(19,23)24)6-7-15(16)21(2)17(22)25/h3-9H,10-11H2,1-2H3,(H2,19,23,24)/p+1. The molecule has 0 aliphatic carbocycles. The molecular weight excluding hydrogens is 375 g/mol. The molecule has 1 atom stereocenters. The van der Waals surface area contributed by atoms with E-state index in [1.807, 2.05) is 29.3 Å². The van der Waals surface area contributed by atoms with Gasteiger partial charge in [0.05, 0.1) is 23.0 Å². The second kappa shape index (κ2) is 6.92. The number of aryl methyl sites for hydroxylation is 1. The van der Waals surface area contributed by atoms with Crippen molar-refractivity contribution in [3.05, 3.63) is 58.6 Å². The molecule has 3 N–H and O–H groups in total. The highest BCUT2D eigenvalue weighted by Crippen LogP contribution is 2.20. The minimum Gasteiger partial charge on any atom is -0.320 e. The Kier molecular flexibility index (Phi) is 4.98. The highest BCUT2D eigenvalue weighted by Gasteiger charge is 2.16. The molecule has 0 saturated carbocycles. The molecule has 6 nitrogen and oxygen atoms in total. The molecule has 0 aliphatic rings. The molecule has 0 amide bonds. The molecule has 2 aromatic carbocycles. The first-order valence-corrected chi connectivity index (χ1v) is 9.90. The maximum absolute atomic E-state index is 13.4. The number of nitrogens with zero attached hydrogens (tertiary/aromatic N) is 2. The third kappa shape index (κ3) is 3.70. The van der Waals surface area contributed by atoms with Crippen molar-refractivity contribution in [2.45, 2.75) is 18.1 Å². The lowest BCUT2D eigenvalue weighted by atomic mass is 10.2. The molecule has 3 rings (SSSR count). The van der Waals surface area contributed by atoms with E-state index in [0.717, 1.165) is 16.0 Å². The van der Waals surface area contributed by atoms with Gasteiger partial charge in [-0.2, -0.15) is 0 Å². The van der Waals surface area contributed by atoms with Crippen molar-refractivity contribution in [1.82, 2.24) is 9.13 Å². The number of nitrogens with two attached hydrogens (primary N) is 1. The molecule has 1 aromatic heterocycles. The van der Waals surface area contributed by atoms with Gasteiger partial charge in [-0.15, -0.1) is 0 Å². The van der Waals surface area contributed by atoms with Crippen molar-refractivity contribution in [3.8, 4) is 0 Å². The van der Waals surface area contributed by atoms with Crippen LogP contribution < -0.4 is 10.0 Å². The number of rotatable bonds is 5. The number of quaternary nitrogens is 1. The van der Waals surface area contributed by atoms with Crippen LogP contribution in [0.5, 0.6) is 0 Å². The number of imidazole rings is 1. The fourth-order valence-electron chi connectivity index (χ4n) is 3.04. The maximum Gasteiger partial charge on any atom is 0.238 e. The van der Waals surface area contributed by atoms with Crippen LogP contribution in [0.15, 0.2) is 47.4 Å². The fourth-order valence-corrected chi connectivity index (χ4v) is 3.84. The number of fused-ring (bicyclic) bond motifs is 1. The smallest absolute Gasteiger partial charge is 0.238 e. The van der Waals surface area contributed by atoms with E-state index < -0.39 is 10.0 Å². The maximum atomic E-state index is 13.4. The number of benzene rings is 2. The lowest BCUT2D eigenvalue weighted by Gasteiger charge is -2.15. The number of hydrogen-bond donors (Lipinski definition) is 2. The Balaban J connectivity index is 1.98. The van der Waals surface area contributed by atoms with Crippen molar-refractivity contribution in [3.63, 3.8) is 0 Å². The summed E-state index contributed by atoms with van der Waals surface area (Å²) in [4.78, 5) is 1.11. The van der Waals surface area contributed by atoms with Gasteiger partial charge in [-0.05, 0) is 42.5 Å². The van der Waals surface area contributed by atoms with Gasteiger partial charge in [-0.3, -0.25) is 4.57 Å². The number of hydrogen-bond acceptors (Lipinski definition) is 3. The van der Waals surface area contributed by atoms with Gasteiger partial charge in [0, 0.05) is 12.6 Å². The van der Waals surface area contributed by atoms with Gasteiger partial charge >= 0.3 is 0 Å². The van der Waals surface area contributed by atoms with Crippen LogP contribution in [0.3, 0.4) is 0 Å². The third-order valence-corrected chi connectivity index (χ3v) is 5.67. The predicted molar refractivity (Wildman–Crippen MR) is 100 cm³/mol. The largest absolute Gasteiger partial charge is 0.320 e. The molecule has 0 aliphatic heterocycles. The zero-order valence-electron chi connectivity index (χ0n) is 14.4. The highest BCUT2D eigenvalue weighted by molar-refractivity contribution is 7.89. The minimum absolute atomic E-state index is 0.0436. The second-order valence-corrected chi connectivity index (χ2v) is 8.31. The quantitative estimate of drug-likeness (QED) is 0.637. The van der Waals surface area contributed by atoms with Crippen molar-refractivity contribution >= 4 is 33.3 Å². The van der Waals surface area contributed by atoms with E-state index in [-0.39, 0.29) is 10.7 Å². The molecule has 3 aromatic rings. The van der Waals surface area contributed by atoms with Gasteiger partial charge in [0.15, 0.2) is 11.4 Å². The van der Waals surface area contributed by atoms with E-state index in [9.17, 15) is 12.8 Å². The summed E-state index contributed by atoms with van der Waals surface area (Å²) < 4.78 is 41.0. The second-order valence-electron chi connectivity index (χ2n) is 6.39. The topological polar surface area (TPSA) is 74.5 Å². The monoisotopic (exact) mass is 395 g/mol. The van der Waals surface area contributed by atoms with E-state index in [1.54, 1.807) is 12.1 Å². The SMILES string of the molecule is Cn1c(=S)n(C[NH+](C)Cc2cccc(F)c2)c2cc(S(N)(=O)=O)ccc21. The number of primary sulfonamides is 1. The summed E-state index contributed by atoms with van der Waals surface area (Å²) in [6.07, 6.45) is 0. The van der Waals surface area contributed by atoms with Crippen molar-refractivity contribution in [2.75, 3.05) is 7.05 Å². The molecule has 0 bridgehead atoms. The predicted octanol–water partition coefficient (Wildman–Crippen LogP) is 1.17. The van der Waals surface area contributed by atoms with Crippen LogP contribution in [0.1, 0.15) is 5.56 Å². The van der Waals surface area contributed by atoms with Crippen LogP contribution in [0.2, 0.25) is 0 Å². The van der Waals surface area contributed by atoms with E-state index in [2.05, 4.69) is 0 Å². The molecule has 0 fully saturated rings. The Morgan fingerprint density at radius 3 is 2.58 bits per heavy atom. The summed E-state index contributed by atoms with van der Waals surface area (Å²) in [7, 11) is -0.00116. The van der Waals surface area contributed by atoms with E-state index in [4.69, 9.17) is 17.4 Å². The Hall–Kier alpha value is -2.07. The average Bonchev–Trinajstić information content (AvgIpc) is 2.79. The van der Waals surface area contributed by atoms with Crippen LogP contribution in [-0.4, -0.2) is 24.6 Å². The van der Waals surface area contributed by atoms with Crippen LogP contribution in [-0.2, 0) is 30.3 Å². The Bertz CT molecular complexity index is 1140. The van der Waals surface area contributed by atoms with Crippen LogP contribution in [0.25, 0.3) is 11.0 Å². The summed E-state index contributed by atoms with van der Waals surface area (Å²) in [6.45, 7) is 1.10. The minimum atomic E-state index is -3.80. The van der Waals surface area contributed by atoms with Gasteiger partial charge in [0.2, 0.25) is 10.0 Å². The van der Waals surface area contributed by atoms with Gasteiger partial charge in [-0.1, -0.05) is 12.1 Å². The lowest BCUT2D eigenvalue weighted by Crippen LogP contribution is -3.06. The zero-order valence-corrected chi connectivity index (χ0v) is 16.1. The number of halogens is 1. The molecule has 1 unspecified atom stereocenters. The lowest BCUT2D eigenvalue weighted by molar-refractivity contribution is -0.916. The van der Waals surface area contributed by atoms with E-state index in [0.29, 0.717) is 23.5 Å². The molecule has 138 valence electrons. The Labute approximate surface area is 156 Å². The molecular formula is C17H20FN4O2S2+. The zero-order chi connectivity index (χ0) is 19.1. The van der Waals surface area contributed by atoms with Crippen LogP contribution in [0.4, 0.5) is 4.39 Å². The molecule has 26 heavy (non-hydrogen) atoms. The fraction of sp³-hybridized carbons (Fsp3) is 0.235. The normalized spacial score (nSPS) is 13.2. The Morgan fingerprint density at radius 2 is 1.92 bits per heavy atom. The van der Waals surface area contributed by atoms with Crippen molar-refractivity contribution < 1.29 is 17.7 Å². The molecule has 0 radical (unpaired) electrons. The van der Waals surface area contributed by atoms with Crippen molar-refractivity contribution in [1.29, 1.82) is 0 Å². The first-order chi connectivity index (χ1) is 12.2. The van der Waals surface area contributed by atoms with Crippen molar-refractivity contribution in [2.24, 2.45) is 12.2 Å².